The zero-order valence-corrected chi connectivity index (χ0v) is 13.2. The minimum atomic E-state index is -0.719. The Morgan fingerprint density at radius 1 is 1.33 bits per heavy atom. The van der Waals surface area contributed by atoms with Crippen LogP contribution in [0.1, 0.15) is 24.3 Å². The molecule has 2 heterocycles. The van der Waals surface area contributed by atoms with E-state index in [1.807, 2.05) is 25.1 Å². The second-order valence-electron chi connectivity index (χ2n) is 5.19. The zero-order valence-electron chi connectivity index (χ0n) is 11.6. The van der Waals surface area contributed by atoms with Gasteiger partial charge in [0.2, 0.25) is 11.7 Å². The standard InChI is InChI=1S/C15H14BrN3O2/c1-10-2-3-11(16)8-12(10)13-18-14(21-19-13)15(9-17)4-6-20-7-5-15/h2-3,8H,4-7H2,1H3. The molecular weight excluding hydrogens is 334 g/mol. The first kappa shape index (κ1) is 14.2. The summed E-state index contributed by atoms with van der Waals surface area (Å²) in [6.45, 7) is 3.08. The largest absolute Gasteiger partial charge is 0.381 e. The fourth-order valence-corrected chi connectivity index (χ4v) is 2.82. The van der Waals surface area contributed by atoms with Gasteiger partial charge in [-0.3, -0.25) is 0 Å². The lowest BCUT2D eigenvalue weighted by molar-refractivity contribution is 0.0574. The number of hydrogen-bond donors (Lipinski definition) is 0. The van der Waals surface area contributed by atoms with E-state index in [4.69, 9.17) is 9.26 Å². The highest BCUT2D eigenvalue weighted by Gasteiger charge is 2.40. The Kier molecular flexibility index (Phi) is 3.79. The Bertz CT molecular complexity index is 699. The third-order valence-corrected chi connectivity index (χ3v) is 4.33. The zero-order chi connectivity index (χ0) is 14.9. The van der Waals surface area contributed by atoms with E-state index in [1.54, 1.807) is 0 Å². The van der Waals surface area contributed by atoms with Crippen LogP contribution >= 0.6 is 15.9 Å². The van der Waals surface area contributed by atoms with Crippen molar-refractivity contribution < 1.29 is 9.26 Å². The molecule has 0 bridgehead atoms. The van der Waals surface area contributed by atoms with Crippen LogP contribution < -0.4 is 0 Å². The number of halogens is 1. The van der Waals surface area contributed by atoms with Gasteiger partial charge in [0.15, 0.2) is 0 Å². The van der Waals surface area contributed by atoms with Crippen LogP contribution in [0.4, 0.5) is 0 Å². The van der Waals surface area contributed by atoms with Crippen molar-refractivity contribution >= 4 is 15.9 Å². The molecule has 3 rings (SSSR count). The third-order valence-electron chi connectivity index (χ3n) is 3.84. The molecule has 0 saturated carbocycles. The van der Waals surface area contributed by atoms with Gasteiger partial charge in [-0.2, -0.15) is 10.2 Å². The van der Waals surface area contributed by atoms with E-state index in [9.17, 15) is 5.26 Å². The Morgan fingerprint density at radius 3 is 2.81 bits per heavy atom. The monoisotopic (exact) mass is 347 g/mol. The molecule has 0 radical (unpaired) electrons. The van der Waals surface area contributed by atoms with Gasteiger partial charge in [0, 0.05) is 23.2 Å². The van der Waals surface area contributed by atoms with Gasteiger partial charge < -0.3 is 9.26 Å². The molecule has 21 heavy (non-hydrogen) atoms. The van der Waals surface area contributed by atoms with Gasteiger partial charge in [0.05, 0.1) is 6.07 Å². The van der Waals surface area contributed by atoms with Crippen molar-refractivity contribution in [3.8, 4) is 17.5 Å². The lowest BCUT2D eigenvalue weighted by Crippen LogP contribution is -2.32. The summed E-state index contributed by atoms with van der Waals surface area (Å²) in [6.07, 6.45) is 1.17. The summed E-state index contributed by atoms with van der Waals surface area (Å²) in [5.74, 6) is 0.910. The summed E-state index contributed by atoms with van der Waals surface area (Å²) >= 11 is 3.45. The molecule has 6 heteroatoms. The minimum absolute atomic E-state index is 0.391. The van der Waals surface area contributed by atoms with Crippen LogP contribution in [0, 0.1) is 18.3 Å². The van der Waals surface area contributed by atoms with Crippen molar-refractivity contribution in [2.24, 2.45) is 0 Å². The third kappa shape index (κ3) is 2.59. The van der Waals surface area contributed by atoms with E-state index >= 15 is 0 Å². The van der Waals surface area contributed by atoms with Gasteiger partial charge in [-0.05, 0) is 37.5 Å². The molecule has 1 aromatic carbocycles. The number of hydrogen-bond acceptors (Lipinski definition) is 5. The number of ether oxygens (including phenoxy) is 1. The highest BCUT2D eigenvalue weighted by molar-refractivity contribution is 9.10. The summed E-state index contributed by atoms with van der Waals surface area (Å²) in [5, 5.41) is 13.6. The highest BCUT2D eigenvalue weighted by Crippen LogP contribution is 2.34. The van der Waals surface area contributed by atoms with Crippen molar-refractivity contribution in [2.75, 3.05) is 13.2 Å². The molecule has 5 nitrogen and oxygen atoms in total. The smallest absolute Gasteiger partial charge is 0.247 e. The molecule has 1 aromatic heterocycles. The van der Waals surface area contributed by atoms with E-state index < -0.39 is 5.41 Å². The number of benzene rings is 1. The number of aromatic nitrogens is 2. The predicted octanol–water partition coefficient (Wildman–Crippen LogP) is 3.38. The van der Waals surface area contributed by atoms with Crippen molar-refractivity contribution in [1.82, 2.24) is 10.1 Å². The number of nitrogens with zero attached hydrogens (tertiary/aromatic N) is 3. The molecule has 108 valence electrons. The van der Waals surface area contributed by atoms with Crippen LogP contribution in [0.2, 0.25) is 0 Å². The molecule has 0 N–H and O–H groups in total. The summed E-state index contributed by atoms with van der Waals surface area (Å²) < 4.78 is 11.7. The molecule has 0 atom stereocenters. The van der Waals surface area contributed by atoms with Crippen LogP contribution in [0.5, 0.6) is 0 Å². The lowest BCUT2D eigenvalue weighted by atomic mass is 9.81. The molecule has 1 saturated heterocycles. The van der Waals surface area contributed by atoms with Crippen LogP contribution in [-0.4, -0.2) is 23.4 Å². The molecule has 1 aliphatic rings. The van der Waals surface area contributed by atoms with E-state index in [2.05, 4.69) is 32.1 Å². The number of nitriles is 1. The molecule has 1 aliphatic heterocycles. The summed E-state index contributed by atoms with van der Waals surface area (Å²) in [5.41, 5.74) is 1.24. The predicted molar refractivity (Wildman–Crippen MR) is 79.5 cm³/mol. The second kappa shape index (κ2) is 5.58. The maximum Gasteiger partial charge on any atom is 0.247 e. The van der Waals surface area contributed by atoms with Crippen molar-refractivity contribution in [3.63, 3.8) is 0 Å². The van der Waals surface area contributed by atoms with Gasteiger partial charge in [0.1, 0.15) is 5.41 Å². The van der Waals surface area contributed by atoms with Crippen molar-refractivity contribution in [2.45, 2.75) is 25.2 Å². The molecular formula is C15H14BrN3O2. The maximum absolute atomic E-state index is 9.53. The van der Waals surface area contributed by atoms with Crippen LogP contribution in [0.15, 0.2) is 27.2 Å². The van der Waals surface area contributed by atoms with E-state index in [-0.39, 0.29) is 0 Å². The summed E-state index contributed by atoms with van der Waals surface area (Å²) in [4.78, 5) is 4.47. The van der Waals surface area contributed by atoms with Crippen LogP contribution in [-0.2, 0) is 10.2 Å². The summed E-state index contributed by atoms with van der Waals surface area (Å²) in [7, 11) is 0. The first-order valence-electron chi connectivity index (χ1n) is 6.74. The van der Waals surface area contributed by atoms with Crippen LogP contribution in [0.3, 0.4) is 0 Å². The molecule has 1 fully saturated rings. The Hall–Kier alpha value is -1.71. The molecule has 0 spiro atoms. The maximum atomic E-state index is 9.53. The SMILES string of the molecule is Cc1ccc(Br)cc1-c1noc(C2(C#N)CCOCC2)n1. The fourth-order valence-electron chi connectivity index (χ4n) is 2.46. The first-order chi connectivity index (χ1) is 10.1. The fraction of sp³-hybridized carbons (Fsp3) is 0.400. The van der Waals surface area contributed by atoms with E-state index in [0.717, 1.165) is 15.6 Å². The van der Waals surface area contributed by atoms with E-state index in [0.29, 0.717) is 37.8 Å². The van der Waals surface area contributed by atoms with Crippen molar-refractivity contribution in [3.05, 3.63) is 34.1 Å². The van der Waals surface area contributed by atoms with Gasteiger partial charge in [-0.1, -0.05) is 27.2 Å². The Balaban J connectivity index is 2.00. The molecule has 2 aromatic rings. The average Bonchev–Trinajstić information content (AvgIpc) is 3.00. The number of aryl methyl sites for hydroxylation is 1. The average molecular weight is 348 g/mol. The summed E-state index contributed by atoms with van der Waals surface area (Å²) in [6, 6.07) is 8.25. The second-order valence-corrected chi connectivity index (χ2v) is 6.10. The Morgan fingerprint density at radius 2 is 2.10 bits per heavy atom. The van der Waals surface area contributed by atoms with Gasteiger partial charge in [-0.15, -0.1) is 0 Å². The van der Waals surface area contributed by atoms with Gasteiger partial charge in [0.25, 0.3) is 0 Å². The normalized spacial score (nSPS) is 17.4. The van der Waals surface area contributed by atoms with Crippen LogP contribution in [0.25, 0.3) is 11.4 Å². The van der Waals surface area contributed by atoms with Gasteiger partial charge in [-0.25, -0.2) is 0 Å². The number of rotatable bonds is 2. The quantitative estimate of drug-likeness (QED) is 0.832. The lowest BCUT2D eigenvalue weighted by Gasteiger charge is -2.26. The molecule has 0 unspecified atom stereocenters. The Labute approximate surface area is 131 Å². The van der Waals surface area contributed by atoms with Crippen molar-refractivity contribution in [1.29, 1.82) is 5.26 Å². The van der Waals surface area contributed by atoms with E-state index in [1.165, 1.54) is 0 Å². The molecule has 0 amide bonds. The first-order valence-corrected chi connectivity index (χ1v) is 7.54. The minimum Gasteiger partial charge on any atom is -0.381 e. The highest BCUT2D eigenvalue weighted by atomic mass is 79.9. The molecule has 0 aliphatic carbocycles. The van der Waals surface area contributed by atoms with Gasteiger partial charge >= 0.3 is 0 Å². The topological polar surface area (TPSA) is 71.9 Å².